The van der Waals surface area contributed by atoms with Crippen molar-refractivity contribution >= 4 is 0 Å². The summed E-state index contributed by atoms with van der Waals surface area (Å²) in [6.45, 7) is 13.2. The van der Waals surface area contributed by atoms with Gasteiger partial charge in [0.2, 0.25) is 0 Å². The molecule has 0 aromatic heterocycles. The van der Waals surface area contributed by atoms with E-state index < -0.39 is 0 Å². The van der Waals surface area contributed by atoms with Crippen LogP contribution < -0.4 is 4.74 Å². The van der Waals surface area contributed by atoms with E-state index in [-0.39, 0.29) is 11.5 Å². The summed E-state index contributed by atoms with van der Waals surface area (Å²) in [7, 11) is 0. The molecule has 140 valence electrons. The van der Waals surface area contributed by atoms with Crippen LogP contribution in [0.15, 0.2) is 66.7 Å². The van der Waals surface area contributed by atoms with Crippen LogP contribution in [0.3, 0.4) is 0 Å². The minimum atomic E-state index is 0.0296. The predicted octanol–water partition coefficient (Wildman–Crippen LogP) is 7.41. The molecule has 0 amide bonds. The lowest BCUT2D eigenvalue weighted by molar-refractivity contribution is 0.226. The van der Waals surface area contributed by atoms with Crippen molar-refractivity contribution in [1.29, 1.82) is 0 Å². The fourth-order valence-corrected chi connectivity index (χ4v) is 3.58. The maximum atomic E-state index is 6.22. The zero-order valence-electron chi connectivity index (χ0n) is 17.3. The zero-order chi connectivity index (χ0) is 19.6. The van der Waals surface area contributed by atoms with E-state index in [0.29, 0.717) is 0 Å². The van der Waals surface area contributed by atoms with Crippen molar-refractivity contribution in [3.63, 3.8) is 0 Å². The Bertz CT molecular complexity index is 876. The summed E-state index contributed by atoms with van der Waals surface area (Å²) in [5.74, 6) is 0.927. The smallest absolute Gasteiger partial charge is 0.121 e. The lowest BCUT2D eigenvalue weighted by Crippen LogP contribution is -2.10. The molecule has 3 aromatic rings. The average Bonchev–Trinajstić information content (AvgIpc) is 2.61. The van der Waals surface area contributed by atoms with E-state index in [9.17, 15) is 0 Å². The first kappa shape index (κ1) is 19.2. The van der Waals surface area contributed by atoms with Gasteiger partial charge >= 0.3 is 0 Å². The quantitative estimate of drug-likeness (QED) is 0.472. The Kier molecular flexibility index (Phi) is 5.41. The van der Waals surface area contributed by atoms with E-state index in [2.05, 4.69) is 102 Å². The fourth-order valence-electron chi connectivity index (χ4n) is 3.58. The van der Waals surface area contributed by atoms with Gasteiger partial charge in [0, 0.05) is 0 Å². The molecule has 0 heterocycles. The van der Waals surface area contributed by atoms with Crippen molar-refractivity contribution in [2.24, 2.45) is 0 Å². The monoisotopic (exact) mass is 358 g/mol. The number of aryl methyl sites for hydroxylation is 2. The van der Waals surface area contributed by atoms with Crippen LogP contribution in [-0.4, -0.2) is 0 Å². The molecule has 0 aliphatic rings. The topological polar surface area (TPSA) is 9.23 Å². The summed E-state index contributed by atoms with van der Waals surface area (Å²) >= 11 is 0. The van der Waals surface area contributed by atoms with Gasteiger partial charge in [0.25, 0.3) is 0 Å². The molecular formula is C26H30O. The Labute approximate surface area is 164 Å². The van der Waals surface area contributed by atoms with E-state index in [1.807, 2.05) is 6.07 Å². The fraction of sp³-hybridized carbons (Fsp3) is 0.308. The molecule has 1 unspecified atom stereocenters. The summed E-state index contributed by atoms with van der Waals surface area (Å²) < 4.78 is 6.22. The Morgan fingerprint density at radius 2 is 1.33 bits per heavy atom. The molecular weight excluding hydrogens is 328 g/mol. The van der Waals surface area contributed by atoms with Gasteiger partial charge in [-0.3, -0.25) is 0 Å². The lowest BCUT2D eigenvalue weighted by Gasteiger charge is -2.20. The van der Waals surface area contributed by atoms with Crippen molar-refractivity contribution in [3.05, 3.63) is 89.0 Å². The molecule has 0 bridgehead atoms. The Morgan fingerprint density at radius 1 is 0.778 bits per heavy atom. The Hall–Kier alpha value is -2.54. The molecule has 3 aromatic carbocycles. The van der Waals surface area contributed by atoms with Gasteiger partial charge in [-0.1, -0.05) is 75.4 Å². The second-order valence-corrected chi connectivity index (χ2v) is 8.43. The summed E-state index contributed by atoms with van der Waals surface area (Å²) in [6.07, 6.45) is 0.0296. The SMILES string of the molecule is Cc1cc(OC(C)c2ccccc2)cc(C)c1-c1ccc(C(C)(C)C)cc1. The molecule has 0 radical (unpaired) electrons. The summed E-state index contributed by atoms with van der Waals surface area (Å²) in [4.78, 5) is 0. The van der Waals surface area contributed by atoms with Gasteiger partial charge in [-0.25, -0.2) is 0 Å². The van der Waals surface area contributed by atoms with Crippen LogP contribution in [0.1, 0.15) is 56.1 Å². The molecule has 0 aliphatic carbocycles. The van der Waals surface area contributed by atoms with Crippen LogP contribution in [0.4, 0.5) is 0 Å². The van der Waals surface area contributed by atoms with Gasteiger partial charge < -0.3 is 4.74 Å². The van der Waals surface area contributed by atoms with Crippen LogP contribution in [0, 0.1) is 13.8 Å². The van der Waals surface area contributed by atoms with E-state index >= 15 is 0 Å². The average molecular weight is 359 g/mol. The molecule has 0 saturated carbocycles. The highest BCUT2D eigenvalue weighted by atomic mass is 16.5. The summed E-state index contributed by atoms with van der Waals surface area (Å²) in [5, 5.41) is 0. The highest BCUT2D eigenvalue weighted by Crippen LogP contribution is 2.34. The van der Waals surface area contributed by atoms with Gasteiger partial charge in [0.15, 0.2) is 0 Å². The largest absolute Gasteiger partial charge is 0.486 e. The minimum Gasteiger partial charge on any atom is -0.486 e. The molecule has 1 nitrogen and oxygen atoms in total. The zero-order valence-corrected chi connectivity index (χ0v) is 17.3. The third-order valence-corrected chi connectivity index (χ3v) is 5.13. The predicted molar refractivity (Wildman–Crippen MR) is 116 cm³/mol. The minimum absolute atomic E-state index is 0.0296. The van der Waals surface area contributed by atoms with Crippen molar-refractivity contribution in [3.8, 4) is 16.9 Å². The van der Waals surface area contributed by atoms with Crippen molar-refractivity contribution in [2.75, 3.05) is 0 Å². The first-order valence-electron chi connectivity index (χ1n) is 9.69. The second kappa shape index (κ2) is 7.60. The van der Waals surface area contributed by atoms with Crippen molar-refractivity contribution in [2.45, 2.75) is 53.1 Å². The number of benzene rings is 3. The first-order chi connectivity index (χ1) is 12.8. The summed E-state index contributed by atoms with van der Waals surface area (Å²) in [5.41, 5.74) is 7.78. The van der Waals surface area contributed by atoms with E-state index in [4.69, 9.17) is 4.74 Å². The van der Waals surface area contributed by atoms with Crippen LogP contribution in [0.2, 0.25) is 0 Å². The second-order valence-electron chi connectivity index (χ2n) is 8.43. The standard InChI is InChI=1S/C26H30O/c1-18-16-24(27-20(3)21-10-8-7-9-11-21)17-19(2)25(18)22-12-14-23(15-13-22)26(4,5)6/h7-17,20H,1-6H3. The lowest BCUT2D eigenvalue weighted by atomic mass is 9.85. The molecule has 1 heteroatoms. The van der Waals surface area contributed by atoms with Gasteiger partial charge in [0.05, 0.1) is 0 Å². The molecule has 0 aliphatic heterocycles. The highest BCUT2D eigenvalue weighted by Gasteiger charge is 2.15. The van der Waals surface area contributed by atoms with Gasteiger partial charge in [-0.2, -0.15) is 0 Å². The van der Waals surface area contributed by atoms with E-state index in [0.717, 1.165) is 5.75 Å². The normalized spacial score (nSPS) is 12.7. The van der Waals surface area contributed by atoms with Gasteiger partial charge in [-0.05, 0) is 71.7 Å². The molecule has 0 N–H and O–H groups in total. The number of ether oxygens (including phenoxy) is 1. The van der Waals surface area contributed by atoms with Gasteiger partial charge in [0.1, 0.15) is 11.9 Å². The maximum absolute atomic E-state index is 6.22. The molecule has 27 heavy (non-hydrogen) atoms. The van der Waals surface area contributed by atoms with Crippen molar-refractivity contribution < 1.29 is 4.74 Å². The third kappa shape index (κ3) is 4.42. The number of hydrogen-bond donors (Lipinski definition) is 0. The van der Waals surface area contributed by atoms with Crippen LogP contribution >= 0.6 is 0 Å². The van der Waals surface area contributed by atoms with Crippen LogP contribution in [-0.2, 0) is 5.41 Å². The molecule has 3 rings (SSSR count). The highest BCUT2D eigenvalue weighted by molar-refractivity contribution is 5.72. The van der Waals surface area contributed by atoms with Crippen LogP contribution in [0.25, 0.3) is 11.1 Å². The summed E-state index contributed by atoms with van der Waals surface area (Å²) in [6, 6.07) is 23.6. The Balaban J connectivity index is 1.87. The molecule has 0 fully saturated rings. The first-order valence-corrected chi connectivity index (χ1v) is 9.69. The number of hydrogen-bond acceptors (Lipinski definition) is 1. The van der Waals surface area contributed by atoms with Crippen LogP contribution in [0.5, 0.6) is 5.75 Å². The third-order valence-electron chi connectivity index (χ3n) is 5.13. The van der Waals surface area contributed by atoms with E-state index in [1.165, 1.54) is 33.4 Å². The molecule has 0 saturated heterocycles. The number of rotatable bonds is 4. The van der Waals surface area contributed by atoms with Crippen molar-refractivity contribution in [1.82, 2.24) is 0 Å². The van der Waals surface area contributed by atoms with Gasteiger partial charge in [-0.15, -0.1) is 0 Å². The Morgan fingerprint density at radius 3 is 1.85 bits per heavy atom. The molecule has 1 atom stereocenters. The van der Waals surface area contributed by atoms with E-state index in [1.54, 1.807) is 0 Å². The maximum Gasteiger partial charge on any atom is 0.121 e. The molecule has 0 spiro atoms.